The fraction of sp³-hybridized carbons (Fsp3) is 0.222. The van der Waals surface area contributed by atoms with Crippen molar-refractivity contribution < 1.29 is 18.0 Å². The second kappa shape index (κ2) is 4.65. The average Bonchev–Trinajstić information content (AvgIpc) is 2.12. The Morgan fingerprint density at radius 3 is 2.60 bits per heavy atom. The molecule has 15 heavy (non-hydrogen) atoms. The fourth-order valence-corrected chi connectivity index (χ4v) is 1.38. The van der Waals surface area contributed by atoms with Crippen LogP contribution in [0.25, 0.3) is 0 Å². The molecule has 0 atom stereocenters. The maximum Gasteiger partial charge on any atom is 0.471 e. The summed E-state index contributed by atoms with van der Waals surface area (Å²) >= 11 is 3.17. The van der Waals surface area contributed by atoms with Crippen molar-refractivity contribution in [3.05, 3.63) is 34.3 Å². The van der Waals surface area contributed by atoms with Gasteiger partial charge >= 0.3 is 12.1 Å². The highest BCUT2D eigenvalue weighted by molar-refractivity contribution is 9.10. The molecule has 0 bridgehead atoms. The molecule has 0 saturated heterocycles. The van der Waals surface area contributed by atoms with Crippen LogP contribution in [-0.4, -0.2) is 12.1 Å². The van der Waals surface area contributed by atoms with Gasteiger partial charge in [0.25, 0.3) is 0 Å². The molecule has 2 nitrogen and oxygen atoms in total. The first-order chi connectivity index (χ1) is 6.89. The topological polar surface area (TPSA) is 29.1 Å². The molecule has 0 aromatic heterocycles. The van der Waals surface area contributed by atoms with Crippen LogP contribution in [0.5, 0.6) is 0 Å². The zero-order valence-corrected chi connectivity index (χ0v) is 9.02. The summed E-state index contributed by atoms with van der Waals surface area (Å²) in [6.07, 6.45) is -4.83. The lowest BCUT2D eigenvalue weighted by atomic mass is 10.2. The van der Waals surface area contributed by atoms with Gasteiger partial charge in [0.05, 0.1) is 0 Å². The average molecular weight is 282 g/mol. The number of hydrogen-bond donors (Lipinski definition) is 1. The summed E-state index contributed by atoms with van der Waals surface area (Å²) in [5.41, 5.74) is 0.599. The van der Waals surface area contributed by atoms with Crippen LogP contribution in [0.15, 0.2) is 28.7 Å². The van der Waals surface area contributed by atoms with Gasteiger partial charge in [0.1, 0.15) is 0 Å². The monoisotopic (exact) mass is 281 g/mol. The third-order valence-electron chi connectivity index (χ3n) is 1.60. The molecule has 6 heteroatoms. The van der Waals surface area contributed by atoms with Crippen LogP contribution >= 0.6 is 15.9 Å². The van der Waals surface area contributed by atoms with Crippen molar-refractivity contribution >= 4 is 21.8 Å². The zero-order chi connectivity index (χ0) is 11.5. The van der Waals surface area contributed by atoms with Crippen molar-refractivity contribution in [2.24, 2.45) is 0 Å². The first kappa shape index (κ1) is 12.0. The highest BCUT2D eigenvalue weighted by atomic mass is 79.9. The van der Waals surface area contributed by atoms with E-state index >= 15 is 0 Å². The number of nitrogens with one attached hydrogen (secondary N) is 1. The van der Waals surface area contributed by atoms with Crippen LogP contribution in [0.3, 0.4) is 0 Å². The normalized spacial score (nSPS) is 11.2. The lowest BCUT2D eigenvalue weighted by Gasteiger charge is -2.07. The van der Waals surface area contributed by atoms with E-state index in [0.717, 1.165) is 4.47 Å². The summed E-state index contributed by atoms with van der Waals surface area (Å²) in [4.78, 5) is 10.5. The number of amides is 1. The summed E-state index contributed by atoms with van der Waals surface area (Å²) in [5.74, 6) is -1.93. The summed E-state index contributed by atoms with van der Waals surface area (Å²) in [6.45, 7) is -0.141. The van der Waals surface area contributed by atoms with Crippen molar-refractivity contribution in [3.63, 3.8) is 0 Å². The Morgan fingerprint density at radius 2 is 2.07 bits per heavy atom. The Balaban J connectivity index is 2.55. The minimum absolute atomic E-state index is 0.141. The Kier molecular flexibility index (Phi) is 3.73. The van der Waals surface area contributed by atoms with Crippen LogP contribution in [0, 0.1) is 0 Å². The molecule has 82 valence electrons. The number of benzene rings is 1. The van der Waals surface area contributed by atoms with E-state index in [2.05, 4.69) is 15.9 Å². The van der Waals surface area contributed by atoms with E-state index in [1.54, 1.807) is 29.6 Å². The number of hydrogen-bond acceptors (Lipinski definition) is 1. The molecule has 0 spiro atoms. The minimum Gasteiger partial charge on any atom is -0.344 e. The van der Waals surface area contributed by atoms with Gasteiger partial charge in [-0.2, -0.15) is 13.2 Å². The van der Waals surface area contributed by atoms with E-state index < -0.39 is 12.1 Å². The summed E-state index contributed by atoms with van der Waals surface area (Å²) in [6, 6.07) is 6.69. The molecule has 0 unspecified atom stereocenters. The largest absolute Gasteiger partial charge is 0.471 e. The van der Waals surface area contributed by atoms with E-state index in [-0.39, 0.29) is 6.54 Å². The number of halogens is 4. The molecule has 0 saturated carbocycles. The summed E-state index contributed by atoms with van der Waals surface area (Å²) in [5, 5.41) is 1.78. The molecular weight excluding hydrogens is 275 g/mol. The second-order valence-corrected chi connectivity index (χ2v) is 3.73. The standard InChI is InChI=1S/C9H7BrF3NO/c10-7-3-1-2-6(4-7)5-14-8(15)9(11,12)13/h1-4H,5H2,(H,14,15). The van der Waals surface area contributed by atoms with Gasteiger partial charge in [0.15, 0.2) is 0 Å². The van der Waals surface area contributed by atoms with E-state index in [4.69, 9.17) is 0 Å². The van der Waals surface area contributed by atoms with E-state index in [1.807, 2.05) is 0 Å². The van der Waals surface area contributed by atoms with Gasteiger partial charge in [0.2, 0.25) is 0 Å². The van der Waals surface area contributed by atoms with Crippen molar-refractivity contribution in [3.8, 4) is 0 Å². The number of carbonyl (C=O) groups is 1. The van der Waals surface area contributed by atoms with Gasteiger partial charge in [-0.3, -0.25) is 4.79 Å². The highest BCUT2D eigenvalue weighted by Crippen LogP contribution is 2.15. The highest BCUT2D eigenvalue weighted by Gasteiger charge is 2.38. The van der Waals surface area contributed by atoms with Crippen molar-refractivity contribution in [1.29, 1.82) is 0 Å². The van der Waals surface area contributed by atoms with Crippen LogP contribution in [0.2, 0.25) is 0 Å². The molecule has 0 heterocycles. The van der Waals surface area contributed by atoms with Crippen LogP contribution in [0.4, 0.5) is 13.2 Å². The first-order valence-electron chi connectivity index (χ1n) is 3.99. The molecule has 1 aromatic carbocycles. The Bertz CT molecular complexity index is 365. The molecule has 1 aromatic rings. The minimum atomic E-state index is -4.83. The Hall–Kier alpha value is -1.04. The molecule has 0 aliphatic rings. The van der Waals surface area contributed by atoms with Crippen LogP contribution in [-0.2, 0) is 11.3 Å². The number of rotatable bonds is 2. The number of carbonyl (C=O) groups excluding carboxylic acids is 1. The van der Waals surface area contributed by atoms with Gasteiger partial charge in [-0.1, -0.05) is 28.1 Å². The smallest absolute Gasteiger partial charge is 0.344 e. The third kappa shape index (κ3) is 3.91. The predicted octanol–water partition coefficient (Wildman–Crippen LogP) is 2.63. The van der Waals surface area contributed by atoms with E-state index in [1.165, 1.54) is 0 Å². The molecular formula is C9H7BrF3NO. The molecule has 1 N–H and O–H groups in total. The Morgan fingerprint density at radius 1 is 1.40 bits per heavy atom. The lowest BCUT2D eigenvalue weighted by molar-refractivity contribution is -0.173. The quantitative estimate of drug-likeness (QED) is 0.887. The lowest BCUT2D eigenvalue weighted by Crippen LogP contribution is -2.36. The molecule has 1 amide bonds. The maximum absolute atomic E-state index is 11.8. The van der Waals surface area contributed by atoms with Crippen molar-refractivity contribution in [1.82, 2.24) is 5.32 Å². The molecule has 0 fully saturated rings. The van der Waals surface area contributed by atoms with Crippen molar-refractivity contribution in [2.75, 3.05) is 0 Å². The fourth-order valence-electron chi connectivity index (χ4n) is 0.929. The predicted molar refractivity (Wildman–Crippen MR) is 52.0 cm³/mol. The molecule has 0 aliphatic heterocycles. The van der Waals surface area contributed by atoms with Crippen molar-refractivity contribution in [2.45, 2.75) is 12.7 Å². The second-order valence-electron chi connectivity index (χ2n) is 2.81. The maximum atomic E-state index is 11.8. The van der Waals surface area contributed by atoms with Gasteiger partial charge in [-0.05, 0) is 17.7 Å². The Labute approximate surface area is 92.6 Å². The van der Waals surface area contributed by atoms with Gasteiger partial charge in [-0.25, -0.2) is 0 Å². The SMILES string of the molecule is O=C(NCc1cccc(Br)c1)C(F)(F)F. The van der Waals surface area contributed by atoms with E-state index in [9.17, 15) is 18.0 Å². The van der Waals surface area contributed by atoms with Gasteiger partial charge in [-0.15, -0.1) is 0 Å². The molecule has 0 radical (unpaired) electrons. The summed E-state index contributed by atoms with van der Waals surface area (Å²) in [7, 11) is 0. The van der Waals surface area contributed by atoms with Gasteiger partial charge < -0.3 is 5.32 Å². The van der Waals surface area contributed by atoms with E-state index in [0.29, 0.717) is 5.56 Å². The van der Waals surface area contributed by atoms with Gasteiger partial charge in [0, 0.05) is 11.0 Å². The molecule has 1 rings (SSSR count). The first-order valence-corrected chi connectivity index (χ1v) is 4.78. The number of alkyl halides is 3. The zero-order valence-electron chi connectivity index (χ0n) is 7.44. The third-order valence-corrected chi connectivity index (χ3v) is 2.09. The van der Waals surface area contributed by atoms with Crippen LogP contribution < -0.4 is 5.32 Å². The summed E-state index contributed by atoms with van der Waals surface area (Å²) < 4.78 is 36.2. The van der Waals surface area contributed by atoms with Crippen LogP contribution in [0.1, 0.15) is 5.56 Å². The molecule has 0 aliphatic carbocycles.